The third-order valence-corrected chi connectivity index (χ3v) is 1.22. The van der Waals surface area contributed by atoms with Crippen LogP contribution in [0.2, 0.25) is 0 Å². The van der Waals surface area contributed by atoms with Crippen LogP contribution in [0.15, 0.2) is 23.3 Å². The molecule has 0 nitrogen and oxygen atoms in total. The molecule has 0 aromatic rings. The summed E-state index contributed by atoms with van der Waals surface area (Å²) >= 11 is 0. The van der Waals surface area contributed by atoms with Gasteiger partial charge in [-0.2, -0.15) is 0 Å². The molecule has 0 radical (unpaired) electrons. The molecule has 0 bridgehead atoms. The summed E-state index contributed by atoms with van der Waals surface area (Å²) in [7, 11) is 0. The summed E-state index contributed by atoms with van der Waals surface area (Å²) in [5, 5.41) is 0. The van der Waals surface area contributed by atoms with Crippen LogP contribution >= 0.6 is 0 Å². The van der Waals surface area contributed by atoms with Gasteiger partial charge in [0.15, 0.2) is 0 Å². The minimum absolute atomic E-state index is 0. The summed E-state index contributed by atoms with van der Waals surface area (Å²) in [4.78, 5) is 0. The van der Waals surface area contributed by atoms with E-state index in [2.05, 4.69) is 26.0 Å². The van der Waals surface area contributed by atoms with Gasteiger partial charge < -0.3 is 1.43 Å². The van der Waals surface area contributed by atoms with Crippen molar-refractivity contribution in [1.29, 1.82) is 0 Å². The largest absolute Gasteiger partial charge is 1.00 e. The average molecular weight is 102 g/mol. The van der Waals surface area contributed by atoms with Gasteiger partial charge in [0.05, 0.1) is 0 Å². The first-order valence-corrected chi connectivity index (χ1v) is 2.63. The molecule has 0 spiro atoms. The van der Waals surface area contributed by atoms with E-state index in [0.717, 1.165) is 0 Å². The Bertz CT molecular complexity index is 136. The Morgan fingerprint density at radius 3 is 2.25 bits per heavy atom. The second-order valence-corrected chi connectivity index (χ2v) is 2.14. The van der Waals surface area contributed by atoms with Crippen LogP contribution in [0.1, 0.15) is 21.7 Å². The van der Waals surface area contributed by atoms with Crippen LogP contribution in [0.4, 0.5) is 0 Å². The van der Waals surface area contributed by atoms with Gasteiger partial charge in [0.1, 0.15) is 0 Å². The molecule has 0 unspecified atom stereocenters. The van der Waals surface area contributed by atoms with Crippen LogP contribution in [0.5, 0.6) is 0 Å². The summed E-state index contributed by atoms with van der Waals surface area (Å²) in [6.45, 7) is 4.30. The fraction of sp³-hybridized carbons (Fsp3) is 0.429. The van der Waals surface area contributed by atoms with E-state index in [4.69, 9.17) is 0 Å². The van der Waals surface area contributed by atoms with Crippen molar-refractivity contribution in [3.63, 3.8) is 0 Å². The minimum atomic E-state index is 0. The molecule has 40 valence electrons. The van der Waals surface area contributed by atoms with E-state index in [-0.39, 0.29) is 20.3 Å². The van der Waals surface area contributed by atoms with E-state index in [0.29, 0.717) is 0 Å². The molecule has 0 aromatic heterocycles. The first-order valence-electron chi connectivity index (χ1n) is 2.63. The van der Waals surface area contributed by atoms with Gasteiger partial charge in [-0.15, -0.1) is 0 Å². The number of allylic oxidation sites excluding steroid dienone is 4. The van der Waals surface area contributed by atoms with E-state index in [1.807, 2.05) is 0 Å². The van der Waals surface area contributed by atoms with Gasteiger partial charge in [0, 0.05) is 0 Å². The van der Waals surface area contributed by atoms with Crippen LogP contribution in [-0.2, 0) is 0 Å². The Hall–Kier alpha value is 0.0774. The molecule has 0 aromatic carbocycles. The fourth-order valence-corrected chi connectivity index (χ4v) is 0.828. The second kappa shape index (κ2) is 3.17. The number of rotatable bonds is 0. The first kappa shape index (κ1) is 8.08. The SMILES string of the molecule is CC1=CCC(C)=C1.[H-].[Li+]. The molecular weight excluding hydrogens is 91.0 g/mol. The van der Waals surface area contributed by atoms with Gasteiger partial charge in [-0.05, 0) is 20.3 Å². The van der Waals surface area contributed by atoms with Gasteiger partial charge >= 0.3 is 18.9 Å². The molecule has 0 heterocycles. The van der Waals surface area contributed by atoms with Crippen molar-refractivity contribution < 1.29 is 20.3 Å². The molecule has 0 aliphatic heterocycles. The molecule has 0 atom stereocenters. The van der Waals surface area contributed by atoms with Gasteiger partial charge in [0.25, 0.3) is 0 Å². The van der Waals surface area contributed by atoms with Crippen molar-refractivity contribution in [2.45, 2.75) is 20.3 Å². The predicted octanol–water partition coefficient (Wildman–Crippen LogP) is -0.601. The fourth-order valence-electron chi connectivity index (χ4n) is 0.828. The van der Waals surface area contributed by atoms with Crippen LogP contribution in [0.25, 0.3) is 0 Å². The third kappa shape index (κ3) is 1.90. The molecule has 1 aliphatic rings. The van der Waals surface area contributed by atoms with Crippen LogP contribution < -0.4 is 18.9 Å². The second-order valence-electron chi connectivity index (χ2n) is 2.14. The Kier molecular flexibility index (Phi) is 3.20. The Balaban J connectivity index is 0. The van der Waals surface area contributed by atoms with Gasteiger partial charge in [-0.1, -0.05) is 23.3 Å². The van der Waals surface area contributed by atoms with Crippen molar-refractivity contribution in [2.24, 2.45) is 0 Å². The molecular formula is C7H11Li. The Morgan fingerprint density at radius 2 is 2.12 bits per heavy atom. The number of hydrogen-bond donors (Lipinski definition) is 0. The van der Waals surface area contributed by atoms with E-state index in [1.54, 1.807) is 0 Å². The zero-order valence-corrected chi connectivity index (χ0v) is 5.86. The molecule has 1 heteroatoms. The van der Waals surface area contributed by atoms with Crippen LogP contribution in [0, 0.1) is 0 Å². The number of hydrogen-bond acceptors (Lipinski definition) is 0. The van der Waals surface area contributed by atoms with Crippen molar-refractivity contribution in [3.05, 3.63) is 23.3 Å². The molecule has 0 fully saturated rings. The summed E-state index contributed by atoms with van der Waals surface area (Å²) in [6.07, 6.45) is 5.64. The zero-order valence-electron chi connectivity index (χ0n) is 6.86. The van der Waals surface area contributed by atoms with Crippen molar-refractivity contribution >= 4 is 0 Å². The summed E-state index contributed by atoms with van der Waals surface area (Å²) < 4.78 is 0. The van der Waals surface area contributed by atoms with Crippen molar-refractivity contribution in [2.75, 3.05) is 0 Å². The smallest absolute Gasteiger partial charge is 1.00 e. The summed E-state index contributed by atoms with van der Waals surface area (Å²) in [5.41, 5.74) is 2.90. The quantitative estimate of drug-likeness (QED) is 0.358. The van der Waals surface area contributed by atoms with E-state index < -0.39 is 0 Å². The topological polar surface area (TPSA) is 0 Å². The molecule has 0 saturated carbocycles. The maximum absolute atomic E-state index is 2.25. The molecule has 0 saturated heterocycles. The Labute approximate surface area is 64.3 Å². The van der Waals surface area contributed by atoms with E-state index >= 15 is 0 Å². The minimum Gasteiger partial charge on any atom is -1.00 e. The van der Waals surface area contributed by atoms with Gasteiger partial charge in [-0.25, -0.2) is 0 Å². The first-order chi connectivity index (χ1) is 3.29. The normalized spacial score (nSPS) is 16.8. The van der Waals surface area contributed by atoms with Crippen molar-refractivity contribution in [3.8, 4) is 0 Å². The maximum Gasteiger partial charge on any atom is 1.00 e. The zero-order chi connectivity index (χ0) is 5.28. The van der Waals surface area contributed by atoms with Gasteiger partial charge in [-0.3, -0.25) is 0 Å². The third-order valence-electron chi connectivity index (χ3n) is 1.22. The molecule has 8 heavy (non-hydrogen) atoms. The monoisotopic (exact) mass is 102 g/mol. The van der Waals surface area contributed by atoms with E-state index in [1.165, 1.54) is 17.6 Å². The van der Waals surface area contributed by atoms with Gasteiger partial charge in [0.2, 0.25) is 0 Å². The molecule has 0 amide bonds. The Morgan fingerprint density at radius 1 is 1.50 bits per heavy atom. The standard InChI is InChI=1S/C7H10.Li.H/c1-6-3-4-7(2)5-6;;/h3,5H,4H2,1-2H3;;/q;+1;-1. The van der Waals surface area contributed by atoms with Crippen LogP contribution in [-0.4, -0.2) is 0 Å². The van der Waals surface area contributed by atoms with Crippen molar-refractivity contribution in [1.82, 2.24) is 0 Å². The summed E-state index contributed by atoms with van der Waals surface area (Å²) in [5.74, 6) is 0. The predicted molar refractivity (Wildman–Crippen MR) is 33.2 cm³/mol. The van der Waals surface area contributed by atoms with Crippen LogP contribution in [0.3, 0.4) is 0 Å². The maximum atomic E-state index is 2.25. The molecule has 1 rings (SSSR count). The summed E-state index contributed by atoms with van der Waals surface area (Å²) in [6, 6.07) is 0. The van der Waals surface area contributed by atoms with E-state index in [9.17, 15) is 0 Å². The molecule has 1 aliphatic carbocycles. The molecule has 0 N–H and O–H groups in total. The average Bonchev–Trinajstić information content (AvgIpc) is 1.87.